The first kappa shape index (κ1) is 18.5. The molecule has 0 spiro atoms. The van der Waals surface area contributed by atoms with Gasteiger partial charge in [-0.05, 0) is 5.56 Å². The van der Waals surface area contributed by atoms with Crippen LogP contribution in [0.1, 0.15) is 24.6 Å². The quantitative estimate of drug-likeness (QED) is 0.611. The van der Waals surface area contributed by atoms with E-state index in [1.165, 1.54) is 13.1 Å². The van der Waals surface area contributed by atoms with Crippen molar-refractivity contribution in [2.24, 2.45) is 0 Å². The molecule has 138 valence electrons. The van der Waals surface area contributed by atoms with E-state index in [4.69, 9.17) is 0 Å². The number of aliphatic carboxylic acids is 1. The van der Waals surface area contributed by atoms with Gasteiger partial charge in [-0.15, -0.1) is 0 Å². The zero-order valence-corrected chi connectivity index (χ0v) is 14.9. The Labute approximate surface area is 156 Å². The van der Waals surface area contributed by atoms with E-state index >= 15 is 0 Å². The highest BCUT2D eigenvalue weighted by molar-refractivity contribution is 5.80. The summed E-state index contributed by atoms with van der Waals surface area (Å²) in [6, 6.07) is 19.1. The first-order valence-corrected chi connectivity index (χ1v) is 8.67. The summed E-state index contributed by atoms with van der Waals surface area (Å²) in [5.41, 5.74) is 2.98. The van der Waals surface area contributed by atoms with E-state index in [1.54, 1.807) is 0 Å². The second kappa shape index (κ2) is 7.95. The fourth-order valence-corrected chi connectivity index (χ4v) is 2.67. The van der Waals surface area contributed by atoms with Crippen LogP contribution in [0.15, 0.2) is 66.9 Å². The molecule has 1 unspecified atom stereocenters. The lowest BCUT2D eigenvalue weighted by atomic mass is 10.1. The highest BCUT2D eigenvalue weighted by atomic mass is 19.1. The van der Waals surface area contributed by atoms with Gasteiger partial charge < -0.3 is 10.4 Å². The number of rotatable bonds is 7. The predicted molar refractivity (Wildman–Crippen MR) is 102 cm³/mol. The lowest BCUT2D eigenvalue weighted by Gasteiger charge is -2.22. The summed E-state index contributed by atoms with van der Waals surface area (Å²) < 4.78 is 14.7. The molecule has 2 N–H and O–H groups in total. The number of alkyl halides is 1. The molecule has 0 fully saturated rings. The molecule has 0 aliphatic carbocycles. The largest absolute Gasteiger partial charge is 0.477 e. The number of nitrogens with one attached hydrogen (secondary N) is 1. The van der Waals surface area contributed by atoms with E-state index in [-0.39, 0.29) is 12.2 Å². The number of carboxylic acid groups (broad SMARTS) is 1. The third-order valence-corrected chi connectivity index (χ3v) is 4.27. The first-order chi connectivity index (χ1) is 13.0. The maximum Gasteiger partial charge on any atom is 0.362 e. The molecule has 1 aromatic heterocycles. The van der Waals surface area contributed by atoms with Crippen molar-refractivity contribution in [2.45, 2.75) is 25.6 Å². The maximum absolute atomic E-state index is 14.7. The molecule has 3 rings (SSSR count). The first-order valence-electron chi connectivity index (χ1n) is 8.67. The molecule has 0 aliphatic rings. The van der Waals surface area contributed by atoms with E-state index in [1.807, 2.05) is 60.7 Å². The predicted octanol–water partition coefficient (Wildman–Crippen LogP) is 4.31. The van der Waals surface area contributed by atoms with Gasteiger partial charge in [0.25, 0.3) is 5.79 Å². The van der Waals surface area contributed by atoms with E-state index in [0.717, 1.165) is 11.1 Å². The van der Waals surface area contributed by atoms with Crippen molar-refractivity contribution < 1.29 is 14.3 Å². The summed E-state index contributed by atoms with van der Waals surface area (Å²) in [5, 5.41) is 11.7. The lowest BCUT2D eigenvalue weighted by Crippen LogP contribution is -2.41. The van der Waals surface area contributed by atoms with Gasteiger partial charge in [0.15, 0.2) is 5.82 Å². The molecule has 2 aromatic carbocycles. The van der Waals surface area contributed by atoms with Gasteiger partial charge in [-0.2, -0.15) is 0 Å². The van der Waals surface area contributed by atoms with Crippen LogP contribution in [0.5, 0.6) is 0 Å². The number of halogens is 1. The molecule has 0 bridgehead atoms. The normalized spacial score (nSPS) is 13.0. The molecular formula is C21H20FN3O2. The second-order valence-electron chi connectivity index (χ2n) is 6.16. The molecule has 0 amide bonds. The molecule has 1 heterocycles. The lowest BCUT2D eigenvalue weighted by molar-refractivity contribution is -0.149. The van der Waals surface area contributed by atoms with Gasteiger partial charge in [0, 0.05) is 18.4 Å². The van der Waals surface area contributed by atoms with Gasteiger partial charge in [-0.25, -0.2) is 19.2 Å². The summed E-state index contributed by atoms with van der Waals surface area (Å²) in [7, 11) is 0. The summed E-state index contributed by atoms with van der Waals surface area (Å²) in [5.74, 6) is -4.05. The molecule has 0 saturated carbocycles. The molecule has 5 nitrogen and oxygen atoms in total. The van der Waals surface area contributed by atoms with Gasteiger partial charge in [0.1, 0.15) is 0 Å². The van der Waals surface area contributed by atoms with Gasteiger partial charge in [-0.1, -0.05) is 67.6 Å². The number of carbonyl (C=O) groups is 1. The van der Waals surface area contributed by atoms with Crippen molar-refractivity contribution in [1.29, 1.82) is 0 Å². The Bertz CT molecular complexity index is 919. The Hall–Kier alpha value is -3.28. The summed E-state index contributed by atoms with van der Waals surface area (Å²) in [6.45, 7) is 1.46. The van der Waals surface area contributed by atoms with Crippen LogP contribution in [0.3, 0.4) is 0 Å². The molecule has 27 heavy (non-hydrogen) atoms. The minimum atomic E-state index is -2.60. The van der Waals surface area contributed by atoms with Crippen LogP contribution in [0, 0.1) is 0 Å². The minimum Gasteiger partial charge on any atom is -0.477 e. The van der Waals surface area contributed by atoms with Crippen molar-refractivity contribution in [3.63, 3.8) is 0 Å². The zero-order chi connectivity index (χ0) is 19.3. The van der Waals surface area contributed by atoms with Crippen LogP contribution in [0.2, 0.25) is 0 Å². The average molecular weight is 365 g/mol. The Kier molecular flexibility index (Phi) is 5.45. The Morgan fingerprint density at radius 1 is 1.11 bits per heavy atom. The molecule has 3 aromatic rings. The Morgan fingerprint density at radius 3 is 2.33 bits per heavy atom. The SMILES string of the molecule is CCC(F)(Nc1ncc(-c2ccccc2)nc1Cc1ccccc1)C(=O)O. The smallest absolute Gasteiger partial charge is 0.362 e. The minimum absolute atomic E-state index is 0.130. The number of nitrogens with zero attached hydrogens (tertiary/aromatic N) is 2. The van der Waals surface area contributed by atoms with Crippen molar-refractivity contribution in [2.75, 3.05) is 5.32 Å². The van der Waals surface area contributed by atoms with E-state index in [2.05, 4.69) is 15.3 Å². The van der Waals surface area contributed by atoms with Crippen LogP contribution < -0.4 is 5.32 Å². The van der Waals surface area contributed by atoms with Crippen LogP contribution in [-0.2, 0) is 11.2 Å². The zero-order valence-electron chi connectivity index (χ0n) is 14.9. The van der Waals surface area contributed by atoms with Crippen molar-refractivity contribution in [3.8, 4) is 11.3 Å². The van der Waals surface area contributed by atoms with E-state index in [9.17, 15) is 14.3 Å². The number of anilines is 1. The third-order valence-electron chi connectivity index (χ3n) is 4.27. The Morgan fingerprint density at radius 2 is 1.74 bits per heavy atom. The number of aromatic nitrogens is 2. The van der Waals surface area contributed by atoms with Gasteiger partial charge in [0.05, 0.1) is 17.6 Å². The van der Waals surface area contributed by atoms with Crippen LogP contribution in [0.4, 0.5) is 10.2 Å². The van der Waals surface area contributed by atoms with Crippen LogP contribution >= 0.6 is 0 Å². The van der Waals surface area contributed by atoms with Crippen molar-refractivity contribution >= 4 is 11.8 Å². The van der Waals surface area contributed by atoms with Gasteiger partial charge in [-0.3, -0.25) is 0 Å². The number of benzene rings is 2. The Balaban J connectivity index is 2.02. The highest BCUT2D eigenvalue weighted by Gasteiger charge is 2.37. The van der Waals surface area contributed by atoms with E-state index in [0.29, 0.717) is 17.8 Å². The maximum atomic E-state index is 14.7. The standard InChI is InChI=1S/C21H20FN3O2/c1-2-21(22,20(26)27)25-19-17(13-15-9-5-3-6-10-15)24-18(14-23-19)16-11-7-4-8-12-16/h3-12,14H,2,13H2,1H3,(H,23,25)(H,26,27). The fraction of sp³-hybridized carbons (Fsp3) is 0.190. The summed E-state index contributed by atoms with van der Waals surface area (Å²) >= 11 is 0. The van der Waals surface area contributed by atoms with Gasteiger partial charge >= 0.3 is 5.97 Å². The molecular weight excluding hydrogens is 345 g/mol. The van der Waals surface area contributed by atoms with Crippen LogP contribution in [-0.4, -0.2) is 26.8 Å². The third kappa shape index (κ3) is 4.28. The van der Waals surface area contributed by atoms with Crippen molar-refractivity contribution in [3.05, 3.63) is 78.1 Å². The fourth-order valence-electron chi connectivity index (χ4n) is 2.67. The number of hydrogen-bond donors (Lipinski definition) is 2. The summed E-state index contributed by atoms with van der Waals surface area (Å²) in [4.78, 5) is 20.3. The molecule has 0 radical (unpaired) electrons. The average Bonchev–Trinajstić information content (AvgIpc) is 2.70. The molecule has 0 aliphatic heterocycles. The topological polar surface area (TPSA) is 75.1 Å². The molecule has 6 heteroatoms. The number of hydrogen-bond acceptors (Lipinski definition) is 4. The highest BCUT2D eigenvalue weighted by Crippen LogP contribution is 2.26. The van der Waals surface area contributed by atoms with Gasteiger partial charge in [0.2, 0.25) is 0 Å². The summed E-state index contributed by atoms with van der Waals surface area (Å²) in [6.07, 6.45) is 1.68. The van der Waals surface area contributed by atoms with Crippen molar-refractivity contribution in [1.82, 2.24) is 9.97 Å². The molecule has 0 saturated heterocycles. The van der Waals surface area contributed by atoms with Crippen LogP contribution in [0.25, 0.3) is 11.3 Å². The monoisotopic (exact) mass is 365 g/mol. The second-order valence-corrected chi connectivity index (χ2v) is 6.16. The number of carboxylic acids is 1. The molecule has 1 atom stereocenters. The van der Waals surface area contributed by atoms with E-state index < -0.39 is 11.8 Å².